The fourth-order valence-electron chi connectivity index (χ4n) is 2.10. The van der Waals surface area contributed by atoms with Crippen LogP contribution in [0.25, 0.3) is 0 Å². The summed E-state index contributed by atoms with van der Waals surface area (Å²) < 4.78 is 19.4. The van der Waals surface area contributed by atoms with E-state index in [2.05, 4.69) is 0 Å². The van der Waals surface area contributed by atoms with Crippen molar-refractivity contribution in [2.24, 2.45) is 0 Å². The zero-order valence-corrected chi connectivity index (χ0v) is 10.1. The summed E-state index contributed by atoms with van der Waals surface area (Å²) in [5, 5.41) is 18.5. The normalized spacial score (nSPS) is 26.8. The van der Waals surface area contributed by atoms with E-state index in [-0.39, 0.29) is 19.3 Å². The molecule has 3 atom stereocenters. The number of H-pyrrole nitrogens is 1. The topological polar surface area (TPSA) is 105 Å². The molecule has 106 valence electrons. The van der Waals surface area contributed by atoms with Crippen molar-refractivity contribution in [3.63, 3.8) is 0 Å². The first-order valence-corrected chi connectivity index (χ1v) is 5.95. The predicted molar refractivity (Wildman–Crippen MR) is 62.3 cm³/mol. The summed E-state index contributed by atoms with van der Waals surface area (Å²) in [6.45, 7) is -0.118. The third kappa shape index (κ3) is 3.09. The fourth-order valence-corrected chi connectivity index (χ4v) is 2.10. The van der Waals surface area contributed by atoms with Gasteiger partial charge in [-0.25, -0.2) is 4.79 Å². The minimum Gasteiger partial charge on any atom is -0.394 e. The van der Waals surface area contributed by atoms with Crippen molar-refractivity contribution < 1.29 is 19.3 Å². The largest absolute Gasteiger partial charge is 0.394 e. The molecule has 0 unspecified atom stereocenters. The Kier molecular flexibility index (Phi) is 4.13. The van der Waals surface area contributed by atoms with Gasteiger partial charge in [-0.1, -0.05) is 0 Å². The van der Waals surface area contributed by atoms with Gasteiger partial charge < -0.3 is 14.9 Å². The first-order valence-electron chi connectivity index (χ1n) is 5.95. The first kappa shape index (κ1) is 13.9. The van der Waals surface area contributed by atoms with Crippen LogP contribution in [0, 0.1) is 5.82 Å². The second kappa shape index (κ2) is 5.64. The average molecular weight is 274 g/mol. The Hall–Kier alpha value is -1.51. The van der Waals surface area contributed by atoms with Crippen molar-refractivity contribution in [2.75, 3.05) is 6.61 Å². The van der Waals surface area contributed by atoms with E-state index in [1.54, 1.807) is 0 Å². The number of aromatic amines is 1. The lowest BCUT2D eigenvalue weighted by molar-refractivity contribution is -0.0246. The van der Waals surface area contributed by atoms with Crippen LogP contribution in [0.15, 0.2) is 15.8 Å². The SMILES string of the molecule is O=c1[nH]c(=O)n(CC[C@H]2C[C@H](O)[C@@H](CO)O2)cc1F. The molecule has 2 heterocycles. The lowest BCUT2D eigenvalue weighted by Crippen LogP contribution is -2.32. The van der Waals surface area contributed by atoms with Gasteiger partial charge in [0.25, 0.3) is 5.56 Å². The summed E-state index contributed by atoms with van der Waals surface area (Å²) in [7, 11) is 0. The van der Waals surface area contributed by atoms with Gasteiger partial charge in [0.2, 0.25) is 5.82 Å². The maximum Gasteiger partial charge on any atom is 0.328 e. The van der Waals surface area contributed by atoms with Gasteiger partial charge in [0.15, 0.2) is 0 Å². The summed E-state index contributed by atoms with van der Waals surface area (Å²) in [5.74, 6) is -1.03. The van der Waals surface area contributed by atoms with E-state index in [0.29, 0.717) is 12.8 Å². The lowest BCUT2D eigenvalue weighted by Gasteiger charge is -2.12. The van der Waals surface area contributed by atoms with E-state index < -0.39 is 29.3 Å². The third-order valence-electron chi connectivity index (χ3n) is 3.14. The van der Waals surface area contributed by atoms with Gasteiger partial charge in [0, 0.05) is 13.0 Å². The number of aryl methyl sites for hydroxylation is 1. The highest BCUT2D eigenvalue weighted by Crippen LogP contribution is 2.22. The van der Waals surface area contributed by atoms with E-state index in [4.69, 9.17) is 9.84 Å². The number of aliphatic hydroxyl groups is 2. The van der Waals surface area contributed by atoms with Gasteiger partial charge in [-0.15, -0.1) is 0 Å². The fraction of sp³-hybridized carbons (Fsp3) is 0.636. The molecule has 3 N–H and O–H groups in total. The van der Waals surface area contributed by atoms with Crippen LogP contribution in [0.5, 0.6) is 0 Å². The molecule has 1 fully saturated rings. The lowest BCUT2D eigenvalue weighted by atomic mass is 10.1. The number of hydrogen-bond donors (Lipinski definition) is 3. The van der Waals surface area contributed by atoms with Crippen LogP contribution >= 0.6 is 0 Å². The molecule has 0 bridgehead atoms. The molecule has 0 aromatic carbocycles. The average Bonchev–Trinajstić information content (AvgIpc) is 2.73. The van der Waals surface area contributed by atoms with Gasteiger partial charge in [0.05, 0.1) is 25.0 Å². The van der Waals surface area contributed by atoms with Crippen molar-refractivity contribution >= 4 is 0 Å². The quantitative estimate of drug-likeness (QED) is 0.625. The number of aromatic nitrogens is 2. The highest BCUT2D eigenvalue weighted by atomic mass is 19.1. The van der Waals surface area contributed by atoms with E-state index in [1.807, 2.05) is 4.98 Å². The van der Waals surface area contributed by atoms with E-state index >= 15 is 0 Å². The minimum absolute atomic E-state index is 0.155. The van der Waals surface area contributed by atoms with Crippen molar-refractivity contribution in [1.29, 1.82) is 0 Å². The molecular weight excluding hydrogens is 259 g/mol. The molecule has 1 aliphatic heterocycles. The van der Waals surface area contributed by atoms with E-state index in [0.717, 1.165) is 10.8 Å². The number of halogens is 1. The molecule has 1 aliphatic rings. The number of rotatable bonds is 4. The van der Waals surface area contributed by atoms with Crippen molar-refractivity contribution in [3.05, 3.63) is 32.9 Å². The molecule has 0 saturated carbocycles. The van der Waals surface area contributed by atoms with Crippen molar-refractivity contribution in [1.82, 2.24) is 9.55 Å². The van der Waals surface area contributed by atoms with Gasteiger partial charge in [-0.3, -0.25) is 14.3 Å². The maximum atomic E-state index is 13.0. The van der Waals surface area contributed by atoms with Crippen LogP contribution in [-0.4, -0.2) is 44.7 Å². The predicted octanol–water partition coefficient (Wildman–Crippen LogP) is -1.42. The Morgan fingerprint density at radius 2 is 2.26 bits per heavy atom. The Labute approximate surface area is 107 Å². The van der Waals surface area contributed by atoms with Crippen LogP contribution in [0.4, 0.5) is 4.39 Å². The molecule has 1 aromatic heterocycles. The van der Waals surface area contributed by atoms with Crippen LogP contribution < -0.4 is 11.2 Å². The Bertz CT molecular complexity index is 555. The van der Waals surface area contributed by atoms with Gasteiger partial charge in [0.1, 0.15) is 6.10 Å². The molecular formula is C11H15FN2O5. The van der Waals surface area contributed by atoms with Crippen LogP contribution in [-0.2, 0) is 11.3 Å². The molecule has 19 heavy (non-hydrogen) atoms. The summed E-state index contributed by atoms with van der Waals surface area (Å²) in [6, 6.07) is 0. The Balaban J connectivity index is 1.99. The number of ether oxygens (including phenoxy) is 1. The summed E-state index contributed by atoms with van der Waals surface area (Å²) in [6.07, 6.45) is -0.0944. The highest BCUT2D eigenvalue weighted by molar-refractivity contribution is 4.88. The van der Waals surface area contributed by atoms with Gasteiger partial charge in [-0.2, -0.15) is 4.39 Å². The monoisotopic (exact) mass is 274 g/mol. The Morgan fingerprint density at radius 1 is 1.53 bits per heavy atom. The molecule has 0 spiro atoms. The molecule has 0 aliphatic carbocycles. The van der Waals surface area contributed by atoms with E-state index in [9.17, 15) is 19.1 Å². The van der Waals surface area contributed by atoms with Crippen molar-refractivity contribution in [2.45, 2.75) is 37.7 Å². The van der Waals surface area contributed by atoms with Crippen LogP contribution in [0.1, 0.15) is 12.8 Å². The smallest absolute Gasteiger partial charge is 0.328 e. The first-order chi connectivity index (χ1) is 9.01. The van der Waals surface area contributed by atoms with Gasteiger partial charge in [-0.05, 0) is 6.42 Å². The molecule has 0 amide bonds. The zero-order valence-electron chi connectivity index (χ0n) is 10.1. The number of aliphatic hydroxyl groups excluding tert-OH is 2. The van der Waals surface area contributed by atoms with Crippen LogP contribution in [0.2, 0.25) is 0 Å². The molecule has 1 aromatic rings. The second-order valence-electron chi connectivity index (χ2n) is 4.50. The Morgan fingerprint density at radius 3 is 2.89 bits per heavy atom. The van der Waals surface area contributed by atoms with Crippen molar-refractivity contribution in [3.8, 4) is 0 Å². The van der Waals surface area contributed by atoms with Gasteiger partial charge >= 0.3 is 5.69 Å². The summed E-state index contributed by atoms with van der Waals surface area (Å²) in [4.78, 5) is 24.1. The maximum absolute atomic E-state index is 13.0. The molecule has 7 nitrogen and oxygen atoms in total. The number of nitrogens with zero attached hydrogens (tertiary/aromatic N) is 1. The number of nitrogens with one attached hydrogen (secondary N) is 1. The number of hydrogen-bond acceptors (Lipinski definition) is 5. The van der Waals surface area contributed by atoms with Crippen LogP contribution in [0.3, 0.4) is 0 Å². The summed E-state index contributed by atoms with van der Waals surface area (Å²) >= 11 is 0. The standard InChI is InChI=1S/C11H15FN2O5/c12-7-4-14(11(18)13-10(7)17)2-1-6-3-8(16)9(5-15)19-6/h4,6,8-9,15-16H,1-3,5H2,(H,13,17,18)/t6-,8-,9+/m0/s1. The molecule has 8 heteroatoms. The molecule has 2 rings (SSSR count). The van der Waals surface area contributed by atoms with E-state index in [1.165, 1.54) is 0 Å². The highest BCUT2D eigenvalue weighted by Gasteiger charge is 2.32. The molecule has 0 radical (unpaired) electrons. The third-order valence-corrected chi connectivity index (χ3v) is 3.14. The zero-order chi connectivity index (χ0) is 14.0. The minimum atomic E-state index is -1.05. The second-order valence-corrected chi connectivity index (χ2v) is 4.50. The molecule has 1 saturated heterocycles. The summed E-state index contributed by atoms with van der Waals surface area (Å²) in [5.41, 5.74) is -1.74.